The highest BCUT2D eigenvalue weighted by Gasteiger charge is 2.29. The molecule has 1 aromatic heterocycles. The Bertz CT molecular complexity index is 1240. The van der Waals surface area contributed by atoms with Crippen molar-refractivity contribution < 1.29 is 17.9 Å². The molecule has 0 aliphatic heterocycles. The van der Waals surface area contributed by atoms with Gasteiger partial charge >= 0.3 is 0 Å². The molecule has 1 saturated carbocycles. The SMILES string of the molecule is COc1ccc(Cl)c2sc(NC(=O)c3ccc(S(=O)(=O)N(C)C4CCCCC4)cc3)nc12. The molecule has 170 valence electrons. The van der Waals surface area contributed by atoms with Crippen LogP contribution in [0.2, 0.25) is 5.02 Å². The monoisotopic (exact) mass is 493 g/mol. The minimum absolute atomic E-state index is 0.0274. The number of nitrogens with zero attached hydrogens (tertiary/aromatic N) is 2. The maximum atomic E-state index is 13.0. The molecular weight excluding hydrogens is 470 g/mol. The molecule has 3 aromatic rings. The Labute approximate surface area is 196 Å². The Hall–Kier alpha value is -2.20. The van der Waals surface area contributed by atoms with Gasteiger partial charge in [0.15, 0.2) is 5.13 Å². The number of benzene rings is 2. The third-order valence-corrected chi connectivity index (χ3v) is 9.14. The summed E-state index contributed by atoms with van der Waals surface area (Å²) in [5, 5.41) is 3.66. The zero-order chi connectivity index (χ0) is 22.9. The number of anilines is 1. The average molecular weight is 494 g/mol. The highest BCUT2D eigenvalue weighted by molar-refractivity contribution is 7.89. The second kappa shape index (κ2) is 9.35. The van der Waals surface area contributed by atoms with Gasteiger partial charge in [0.05, 0.1) is 21.7 Å². The topological polar surface area (TPSA) is 88.6 Å². The lowest BCUT2D eigenvalue weighted by Gasteiger charge is -2.30. The van der Waals surface area contributed by atoms with E-state index in [1.54, 1.807) is 26.3 Å². The molecule has 2 aromatic carbocycles. The quantitative estimate of drug-likeness (QED) is 0.512. The van der Waals surface area contributed by atoms with Crippen LogP contribution in [-0.4, -0.2) is 43.8 Å². The minimum Gasteiger partial charge on any atom is -0.494 e. The van der Waals surface area contributed by atoms with Gasteiger partial charge in [0.2, 0.25) is 10.0 Å². The van der Waals surface area contributed by atoms with E-state index in [0.717, 1.165) is 32.1 Å². The van der Waals surface area contributed by atoms with E-state index in [2.05, 4.69) is 10.3 Å². The first-order valence-electron chi connectivity index (χ1n) is 10.3. The number of amides is 1. The average Bonchev–Trinajstić information content (AvgIpc) is 3.24. The number of thiazole rings is 1. The van der Waals surface area contributed by atoms with Crippen molar-refractivity contribution in [2.45, 2.75) is 43.0 Å². The van der Waals surface area contributed by atoms with E-state index >= 15 is 0 Å². The molecule has 1 N–H and O–H groups in total. The molecule has 1 aliphatic rings. The van der Waals surface area contributed by atoms with Gasteiger partial charge in [-0.2, -0.15) is 4.31 Å². The van der Waals surface area contributed by atoms with Crippen LogP contribution < -0.4 is 10.1 Å². The molecule has 0 unspecified atom stereocenters. The summed E-state index contributed by atoms with van der Waals surface area (Å²) in [6.45, 7) is 0. The van der Waals surface area contributed by atoms with Crippen LogP contribution in [0.3, 0.4) is 0 Å². The smallest absolute Gasteiger partial charge is 0.257 e. The second-order valence-corrected chi connectivity index (χ2v) is 11.1. The summed E-state index contributed by atoms with van der Waals surface area (Å²) in [7, 11) is -0.426. The lowest BCUT2D eigenvalue weighted by Crippen LogP contribution is -2.38. The molecule has 0 spiro atoms. The normalized spacial score (nSPS) is 15.2. The van der Waals surface area contributed by atoms with Gasteiger partial charge in [0.25, 0.3) is 5.91 Å². The minimum atomic E-state index is -3.61. The van der Waals surface area contributed by atoms with Crippen molar-refractivity contribution in [1.29, 1.82) is 0 Å². The number of carbonyl (C=O) groups excluding carboxylic acids is 1. The molecule has 1 fully saturated rings. The number of sulfonamides is 1. The fraction of sp³-hybridized carbons (Fsp3) is 0.364. The molecule has 0 radical (unpaired) electrons. The van der Waals surface area contributed by atoms with Crippen LogP contribution >= 0.6 is 22.9 Å². The molecule has 1 aliphatic carbocycles. The van der Waals surface area contributed by atoms with E-state index in [1.165, 1.54) is 39.9 Å². The van der Waals surface area contributed by atoms with Crippen LogP contribution in [-0.2, 0) is 10.0 Å². The Morgan fingerprint density at radius 2 is 1.84 bits per heavy atom. The van der Waals surface area contributed by atoms with Crippen LogP contribution in [0.25, 0.3) is 10.2 Å². The zero-order valence-corrected chi connectivity index (χ0v) is 20.2. The third kappa shape index (κ3) is 4.47. The fourth-order valence-electron chi connectivity index (χ4n) is 3.93. The molecule has 10 heteroatoms. The standard InChI is InChI=1S/C22H24ClN3O4S2/c1-26(15-6-4-3-5-7-15)32(28,29)16-10-8-14(9-11-16)21(27)25-22-24-19-18(30-2)13-12-17(23)20(19)31-22/h8-13,15H,3-7H2,1-2H3,(H,24,25,27). The van der Waals surface area contributed by atoms with Gasteiger partial charge in [0.1, 0.15) is 11.3 Å². The summed E-state index contributed by atoms with van der Waals surface area (Å²) in [6, 6.07) is 9.44. The number of rotatable bonds is 6. The molecule has 32 heavy (non-hydrogen) atoms. The first kappa shape index (κ1) is 23.0. The zero-order valence-electron chi connectivity index (χ0n) is 17.8. The van der Waals surface area contributed by atoms with E-state index < -0.39 is 10.0 Å². The van der Waals surface area contributed by atoms with Crippen molar-refractivity contribution in [2.24, 2.45) is 0 Å². The molecule has 0 bridgehead atoms. The lowest BCUT2D eigenvalue weighted by atomic mass is 9.96. The van der Waals surface area contributed by atoms with Crippen molar-refractivity contribution in [3.63, 3.8) is 0 Å². The van der Waals surface area contributed by atoms with Crippen LogP contribution in [0.15, 0.2) is 41.3 Å². The molecule has 7 nitrogen and oxygen atoms in total. The number of fused-ring (bicyclic) bond motifs is 1. The predicted molar refractivity (Wildman–Crippen MR) is 127 cm³/mol. The van der Waals surface area contributed by atoms with Crippen LogP contribution in [0, 0.1) is 0 Å². The van der Waals surface area contributed by atoms with E-state index in [1.807, 2.05) is 0 Å². The largest absolute Gasteiger partial charge is 0.494 e. The van der Waals surface area contributed by atoms with Crippen LogP contribution in [0.4, 0.5) is 5.13 Å². The molecule has 4 rings (SSSR count). The van der Waals surface area contributed by atoms with Crippen molar-refractivity contribution in [3.8, 4) is 5.75 Å². The van der Waals surface area contributed by atoms with Gasteiger partial charge in [-0.15, -0.1) is 0 Å². The number of aromatic nitrogens is 1. The summed E-state index contributed by atoms with van der Waals surface area (Å²) >= 11 is 7.48. The number of halogens is 1. The number of ether oxygens (including phenoxy) is 1. The molecule has 1 amide bonds. The van der Waals surface area contributed by atoms with Gasteiger partial charge in [0, 0.05) is 18.7 Å². The molecular formula is C22H24ClN3O4S2. The van der Waals surface area contributed by atoms with Gasteiger partial charge in [-0.3, -0.25) is 10.1 Å². The Morgan fingerprint density at radius 3 is 2.50 bits per heavy atom. The maximum Gasteiger partial charge on any atom is 0.257 e. The van der Waals surface area contributed by atoms with E-state index in [-0.39, 0.29) is 16.8 Å². The number of hydrogen-bond acceptors (Lipinski definition) is 6. The van der Waals surface area contributed by atoms with Gasteiger partial charge in [-0.25, -0.2) is 13.4 Å². The highest BCUT2D eigenvalue weighted by atomic mass is 35.5. The number of methoxy groups -OCH3 is 1. The van der Waals surface area contributed by atoms with Crippen molar-refractivity contribution in [1.82, 2.24) is 9.29 Å². The van der Waals surface area contributed by atoms with E-state index in [9.17, 15) is 13.2 Å². The Kier molecular flexibility index (Phi) is 6.71. The summed E-state index contributed by atoms with van der Waals surface area (Å²) in [5.74, 6) is 0.182. The fourth-order valence-corrected chi connectivity index (χ4v) is 6.49. The van der Waals surface area contributed by atoms with Crippen LogP contribution in [0.1, 0.15) is 42.5 Å². The summed E-state index contributed by atoms with van der Waals surface area (Å²) in [4.78, 5) is 17.3. The second-order valence-electron chi connectivity index (χ2n) is 7.74. The first-order chi connectivity index (χ1) is 15.3. The number of carbonyl (C=O) groups is 1. The highest BCUT2D eigenvalue weighted by Crippen LogP contribution is 2.37. The maximum absolute atomic E-state index is 13.0. The first-order valence-corrected chi connectivity index (χ1v) is 13.0. The Morgan fingerprint density at radius 1 is 1.16 bits per heavy atom. The van der Waals surface area contributed by atoms with Crippen molar-refractivity contribution in [3.05, 3.63) is 47.0 Å². The van der Waals surface area contributed by atoms with E-state index in [0.29, 0.717) is 31.7 Å². The molecule has 0 saturated heterocycles. The summed E-state index contributed by atoms with van der Waals surface area (Å²) in [6.07, 6.45) is 5.02. The lowest BCUT2D eigenvalue weighted by molar-refractivity contribution is 0.102. The predicted octanol–water partition coefficient (Wildman–Crippen LogP) is 5.16. The number of nitrogens with one attached hydrogen (secondary N) is 1. The summed E-state index contributed by atoms with van der Waals surface area (Å²) in [5.41, 5.74) is 0.911. The third-order valence-electron chi connectivity index (χ3n) is 5.78. The summed E-state index contributed by atoms with van der Waals surface area (Å²) < 4.78 is 33.5. The van der Waals surface area contributed by atoms with Crippen molar-refractivity contribution >= 4 is 54.2 Å². The van der Waals surface area contributed by atoms with Crippen LogP contribution in [0.5, 0.6) is 5.75 Å². The van der Waals surface area contributed by atoms with Gasteiger partial charge < -0.3 is 4.74 Å². The van der Waals surface area contributed by atoms with Gasteiger partial charge in [-0.1, -0.05) is 42.2 Å². The Balaban J connectivity index is 1.51. The number of hydrogen-bond donors (Lipinski definition) is 1. The van der Waals surface area contributed by atoms with E-state index in [4.69, 9.17) is 16.3 Å². The molecule has 0 atom stereocenters. The van der Waals surface area contributed by atoms with Crippen molar-refractivity contribution in [2.75, 3.05) is 19.5 Å². The molecule has 1 heterocycles. The van der Waals surface area contributed by atoms with Gasteiger partial charge in [-0.05, 0) is 49.2 Å².